The Labute approximate surface area is 120 Å². The molecular weight excluding hydrogens is 290 g/mol. The second-order valence-corrected chi connectivity index (χ2v) is 4.39. The number of amides is 1. The first kappa shape index (κ1) is 17.4. The van der Waals surface area contributed by atoms with E-state index in [4.69, 9.17) is 4.74 Å². The lowest BCUT2D eigenvalue weighted by Gasteiger charge is -2.11. The lowest BCUT2D eigenvalue weighted by Crippen LogP contribution is -2.27. The van der Waals surface area contributed by atoms with Crippen molar-refractivity contribution in [3.05, 3.63) is 35.1 Å². The fraction of sp³-hybridized carbons (Fsp3) is 0.500. The van der Waals surface area contributed by atoms with Crippen molar-refractivity contribution < 1.29 is 27.1 Å². The third-order valence-electron chi connectivity index (χ3n) is 2.65. The molecule has 1 aromatic carbocycles. The second kappa shape index (κ2) is 7.97. The molecule has 1 aromatic rings. The molecule has 1 amide bonds. The number of ether oxygens (including phenoxy) is 1. The molecule has 21 heavy (non-hydrogen) atoms. The molecule has 3 nitrogen and oxygen atoms in total. The number of benzene rings is 1. The van der Waals surface area contributed by atoms with Gasteiger partial charge in [-0.2, -0.15) is 13.2 Å². The van der Waals surface area contributed by atoms with E-state index in [1.807, 2.05) is 6.92 Å². The number of alkyl halides is 3. The minimum Gasteiger partial charge on any atom is -0.381 e. The van der Waals surface area contributed by atoms with Gasteiger partial charge in [0.25, 0.3) is 5.91 Å². The van der Waals surface area contributed by atoms with Crippen LogP contribution in [0.15, 0.2) is 18.2 Å². The van der Waals surface area contributed by atoms with Gasteiger partial charge in [0, 0.05) is 19.8 Å². The lowest BCUT2D eigenvalue weighted by molar-refractivity contribution is -0.140. The summed E-state index contributed by atoms with van der Waals surface area (Å²) in [4.78, 5) is 11.7. The Morgan fingerprint density at radius 3 is 2.62 bits per heavy atom. The zero-order chi connectivity index (χ0) is 15.9. The minimum absolute atomic E-state index is 0.207. The smallest absolute Gasteiger partial charge is 0.381 e. The van der Waals surface area contributed by atoms with E-state index in [1.165, 1.54) is 0 Å². The van der Waals surface area contributed by atoms with Crippen molar-refractivity contribution in [2.75, 3.05) is 19.8 Å². The predicted octanol–water partition coefficient (Wildman–Crippen LogP) is 3.39. The van der Waals surface area contributed by atoms with Crippen LogP contribution in [-0.2, 0) is 10.9 Å². The standard InChI is InChI=1S/C14H17F4NO2/c1-2-8-21-9-4-7-19-13(20)10-5-3-6-11(12(10)15)14(16,17)18/h3,5-6H,2,4,7-9H2,1H3,(H,19,20). The lowest BCUT2D eigenvalue weighted by atomic mass is 10.1. The van der Waals surface area contributed by atoms with Gasteiger partial charge >= 0.3 is 6.18 Å². The first-order valence-electron chi connectivity index (χ1n) is 6.59. The molecule has 0 aliphatic rings. The van der Waals surface area contributed by atoms with Crippen LogP contribution in [0, 0.1) is 5.82 Å². The van der Waals surface area contributed by atoms with Crippen LogP contribution in [0.25, 0.3) is 0 Å². The van der Waals surface area contributed by atoms with E-state index in [-0.39, 0.29) is 6.54 Å². The molecule has 0 spiro atoms. The normalized spacial score (nSPS) is 11.5. The van der Waals surface area contributed by atoms with Crippen LogP contribution in [0.2, 0.25) is 0 Å². The van der Waals surface area contributed by atoms with Gasteiger partial charge in [-0.05, 0) is 25.0 Å². The fourth-order valence-corrected chi connectivity index (χ4v) is 1.64. The highest BCUT2D eigenvalue weighted by Crippen LogP contribution is 2.32. The zero-order valence-electron chi connectivity index (χ0n) is 11.6. The van der Waals surface area contributed by atoms with E-state index >= 15 is 0 Å². The molecule has 0 aromatic heterocycles. The molecule has 1 N–H and O–H groups in total. The molecule has 0 fully saturated rings. The Balaban J connectivity index is 2.59. The number of nitrogens with one attached hydrogen (secondary N) is 1. The molecule has 0 unspecified atom stereocenters. The topological polar surface area (TPSA) is 38.3 Å². The molecule has 0 saturated heterocycles. The van der Waals surface area contributed by atoms with Gasteiger partial charge in [-0.3, -0.25) is 4.79 Å². The minimum atomic E-state index is -4.83. The molecule has 0 bridgehead atoms. The molecular formula is C14H17F4NO2. The van der Waals surface area contributed by atoms with Crippen LogP contribution in [0.4, 0.5) is 17.6 Å². The molecule has 0 radical (unpaired) electrons. The van der Waals surface area contributed by atoms with Gasteiger partial charge in [0.1, 0.15) is 5.82 Å². The predicted molar refractivity (Wildman–Crippen MR) is 69.5 cm³/mol. The molecule has 0 heterocycles. The number of halogens is 4. The van der Waals surface area contributed by atoms with Gasteiger partial charge < -0.3 is 10.1 Å². The molecule has 118 valence electrons. The van der Waals surface area contributed by atoms with E-state index in [2.05, 4.69) is 5.32 Å². The molecule has 1 rings (SSSR count). The fourth-order valence-electron chi connectivity index (χ4n) is 1.64. The van der Waals surface area contributed by atoms with Crippen molar-refractivity contribution in [3.63, 3.8) is 0 Å². The highest BCUT2D eigenvalue weighted by atomic mass is 19.4. The SMILES string of the molecule is CCCOCCCNC(=O)c1cccc(C(F)(F)F)c1F. The van der Waals surface area contributed by atoms with Gasteiger partial charge in [0.2, 0.25) is 0 Å². The van der Waals surface area contributed by atoms with Crippen molar-refractivity contribution in [2.45, 2.75) is 25.9 Å². The highest BCUT2D eigenvalue weighted by molar-refractivity contribution is 5.94. The average Bonchev–Trinajstić information content (AvgIpc) is 2.41. The van der Waals surface area contributed by atoms with Gasteiger partial charge in [0.05, 0.1) is 11.1 Å². The Kier molecular flexibility index (Phi) is 6.61. The van der Waals surface area contributed by atoms with E-state index < -0.39 is 29.0 Å². The molecule has 0 saturated carbocycles. The Hall–Kier alpha value is -1.63. The van der Waals surface area contributed by atoms with Crippen molar-refractivity contribution in [1.29, 1.82) is 0 Å². The third-order valence-corrected chi connectivity index (χ3v) is 2.65. The second-order valence-electron chi connectivity index (χ2n) is 4.39. The quantitative estimate of drug-likeness (QED) is 0.619. The third kappa shape index (κ3) is 5.34. The Morgan fingerprint density at radius 2 is 2.00 bits per heavy atom. The summed E-state index contributed by atoms with van der Waals surface area (Å²) in [7, 11) is 0. The van der Waals surface area contributed by atoms with Crippen molar-refractivity contribution in [3.8, 4) is 0 Å². The maximum atomic E-state index is 13.7. The summed E-state index contributed by atoms with van der Waals surface area (Å²) in [6.45, 7) is 3.20. The van der Waals surface area contributed by atoms with E-state index in [0.717, 1.165) is 18.6 Å². The van der Waals surface area contributed by atoms with Gasteiger partial charge in [-0.1, -0.05) is 13.0 Å². The maximum absolute atomic E-state index is 13.7. The van der Waals surface area contributed by atoms with E-state index in [0.29, 0.717) is 25.7 Å². The van der Waals surface area contributed by atoms with Crippen LogP contribution in [0.5, 0.6) is 0 Å². The largest absolute Gasteiger partial charge is 0.419 e. The number of hydrogen-bond acceptors (Lipinski definition) is 2. The molecule has 0 aliphatic heterocycles. The molecule has 0 aliphatic carbocycles. The van der Waals surface area contributed by atoms with Crippen LogP contribution >= 0.6 is 0 Å². The van der Waals surface area contributed by atoms with Crippen molar-refractivity contribution >= 4 is 5.91 Å². The van der Waals surface area contributed by atoms with Crippen LogP contribution in [-0.4, -0.2) is 25.7 Å². The average molecular weight is 307 g/mol. The van der Waals surface area contributed by atoms with Crippen LogP contribution in [0.1, 0.15) is 35.7 Å². The van der Waals surface area contributed by atoms with E-state index in [9.17, 15) is 22.4 Å². The van der Waals surface area contributed by atoms with E-state index in [1.54, 1.807) is 0 Å². The van der Waals surface area contributed by atoms with Crippen molar-refractivity contribution in [2.24, 2.45) is 0 Å². The Bertz CT molecular complexity index is 475. The number of carbonyl (C=O) groups excluding carboxylic acids is 1. The number of hydrogen-bond donors (Lipinski definition) is 1. The maximum Gasteiger partial charge on any atom is 0.419 e. The Morgan fingerprint density at radius 1 is 1.29 bits per heavy atom. The van der Waals surface area contributed by atoms with Gasteiger partial charge in [0.15, 0.2) is 0 Å². The zero-order valence-corrected chi connectivity index (χ0v) is 11.6. The first-order valence-corrected chi connectivity index (χ1v) is 6.59. The van der Waals surface area contributed by atoms with Gasteiger partial charge in [-0.15, -0.1) is 0 Å². The summed E-state index contributed by atoms with van der Waals surface area (Å²) in [6, 6.07) is 2.63. The van der Waals surface area contributed by atoms with Crippen LogP contribution in [0.3, 0.4) is 0 Å². The summed E-state index contributed by atoms with van der Waals surface area (Å²) < 4.78 is 56.5. The summed E-state index contributed by atoms with van der Waals surface area (Å²) in [5.41, 5.74) is -2.05. The highest BCUT2D eigenvalue weighted by Gasteiger charge is 2.35. The molecule has 0 atom stereocenters. The summed E-state index contributed by atoms with van der Waals surface area (Å²) >= 11 is 0. The van der Waals surface area contributed by atoms with Crippen molar-refractivity contribution in [1.82, 2.24) is 5.32 Å². The molecule has 7 heteroatoms. The number of carbonyl (C=O) groups is 1. The monoisotopic (exact) mass is 307 g/mol. The summed E-state index contributed by atoms with van der Waals surface area (Å²) in [5, 5.41) is 2.37. The summed E-state index contributed by atoms with van der Waals surface area (Å²) in [5.74, 6) is -2.42. The van der Waals surface area contributed by atoms with Gasteiger partial charge in [-0.25, -0.2) is 4.39 Å². The number of rotatable bonds is 7. The summed E-state index contributed by atoms with van der Waals surface area (Å²) in [6.07, 6.45) is -3.44. The first-order chi connectivity index (χ1) is 9.88. The van der Waals surface area contributed by atoms with Crippen LogP contribution < -0.4 is 5.32 Å².